The molecule has 13 heteroatoms. The minimum absolute atomic E-state index is 0.0902. The Hall–Kier alpha value is -2.43. The average molecular weight is 610 g/mol. The van der Waals surface area contributed by atoms with Crippen molar-refractivity contribution in [1.29, 1.82) is 0 Å². The van der Waals surface area contributed by atoms with Crippen LogP contribution in [0.15, 0.2) is 30.3 Å². The van der Waals surface area contributed by atoms with Crippen LogP contribution in [0.2, 0.25) is 10.0 Å². The molecule has 208 valence electrons. The second kappa shape index (κ2) is 13.3. The monoisotopic (exact) mass is 608 g/mol. The first-order chi connectivity index (χ1) is 18.7. The first-order valence-electron chi connectivity index (χ1n) is 12.6. The van der Waals surface area contributed by atoms with Gasteiger partial charge in [0.2, 0.25) is 0 Å². The molecule has 0 radical (unpaired) electrons. The number of rotatable bonds is 9. The molecule has 0 aliphatic carbocycles. The van der Waals surface area contributed by atoms with E-state index in [0.29, 0.717) is 27.0 Å². The number of halogens is 2. The number of thiophene rings is 1. The molecule has 4 rings (SSSR count). The van der Waals surface area contributed by atoms with Crippen molar-refractivity contribution in [1.82, 2.24) is 29.7 Å². The molecule has 1 aromatic carbocycles. The van der Waals surface area contributed by atoms with Crippen LogP contribution in [-0.4, -0.2) is 49.3 Å². The summed E-state index contributed by atoms with van der Waals surface area (Å²) in [7, 11) is -2.50. The molecule has 3 N–H and O–H groups in total. The topological polar surface area (TPSA) is 108 Å². The minimum Gasteiger partial charge on any atom is -0.283 e. The molecule has 1 aliphatic rings. The van der Waals surface area contributed by atoms with Gasteiger partial charge in [-0.25, -0.2) is 14.4 Å². The Morgan fingerprint density at radius 1 is 1.15 bits per heavy atom. The number of amides is 1. The highest BCUT2D eigenvalue weighted by atomic mass is 35.5. The molecule has 9 nitrogen and oxygen atoms in total. The van der Waals surface area contributed by atoms with Crippen molar-refractivity contribution >= 4 is 50.7 Å². The molecule has 1 saturated heterocycles. The quantitative estimate of drug-likeness (QED) is 0.304. The molecule has 3 heterocycles. The lowest BCUT2D eigenvalue weighted by molar-refractivity contribution is 0.0743. The predicted molar refractivity (Wildman–Crippen MR) is 156 cm³/mol. The van der Waals surface area contributed by atoms with Crippen molar-refractivity contribution in [2.24, 2.45) is 0 Å². The summed E-state index contributed by atoms with van der Waals surface area (Å²) in [6.45, 7) is 3.35. The van der Waals surface area contributed by atoms with E-state index in [4.69, 9.17) is 23.2 Å². The molecule has 0 bridgehead atoms. The lowest BCUT2D eigenvalue weighted by atomic mass is 10.1. The first kappa shape index (κ1) is 29.6. The summed E-state index contributed by atoms with van der Waals surface area (Å²) in [5, 5.41) is 7.34. The van der Waals surface area contributed by atoms with Crippen molar-refractivity contribution in [3.63, 3.8) is 0 Å². The van der Waals surface area contributed by atoms with Crippen LogP contribution in [0.4, 0.5) is 0 Å². The third-order valence-electron chi connectivity index (χ3n) is 6.09. The molecule has 1 amide bonds. The highest BCUT2D eigenvalue weighted by Crippen LogP contribution is 2.36. The van der Waals surface area contributed by atoms with Crippen LogP contribution in [0.25, 0.3) is 16.3 Å². The summed E-state index contributed by atoms with van der Waals surface area (Å²) in [5.41, 5.74) is 4.48. The lowest BCUT2D eigenvalue weighted by Crippen LogP contribution is -2.45. The zero-order chi connectivity index (χ0) is 28.0. The highest BCUT2D eigenvalue weighted by Gasteiger charge is 2.28. The maximum absolute atomic E-state index is 13.6. The Bertz CT molecular complexity index is 1500. The van der Waals surface area contributed by atoms with Crippen LogP contribution in [0.3, 0.4) is 0 Å². The van der Waals surface area contributed by atoms with Crippen LogP contribution in [0.5, 0.6) is 0 Å². The molecular formula is C26H30Cl2N6O3S2. The number of nitrogens with one attached hydrogen (secondary N) is 3. The van der Waals surface area contributed by atoms with Gasteiger partial charge in [-0.05, 0) is 49.6 Å². The van der Waals surface area contributed by atoms with Gasteiger partial charge in [0, 0.05) is 43.7 Å². The summed E-state index contributed by atoms with van der Waals surface area (Å²) in [5.74, 6) is 5.89. The van der Waals surface area contributed by atoms with Crippen LogP contribution in [0, 0.1) is 11.8 Å². The fraction of sp³-hybridized carbons (Fsp3) is 0.385. The van der Waals surface area contributed by atoms with E-state index in [1.807, 2.05) is 17.1 Å². The van der Waals surface area contributed by atoms with Crippen molar-refractivity contribution < 1.29 is 13.2 Å². The number of nitrogens with zero attached hydrogens (tertiary/aromatic N) is 3. The van der Waals surface area contributed by atoms with Gasteiger partial charge in [-0.2, -0.15) is 18.2 Å². The maximum atomic E-state index is 13.6. The number of unbranched alkanes of at least 4 members (excludes halogenated alkanes) is 1. The molecule has 3 aromatic rings. The first-order valence-corrected chi connectivity index (χ1v) is 15.7. The van der Waals surface area contributed by atoms with E-state index in [1.165, 1.54) is 18.4 Å². The fourth-order valence-corrected chi connectivity index (χ4v) is 6.04. The normalized spacial score (nSPS) is 14.2. The molecule has 39 heavy (non-hydrogen) atoms. The summed E-state index contributed by atoms with van der Waals surface area (Å²) in [6, 6.07) is 8.78. The zero-order valence-electron chi connectivity index (χ0n) is 21.7. The smallest absolute Gasteiger partial charge is 0.283 e. The Balaban J connectivity index is 1.88. The van der Waals surface area contributed by atoms with E-state index in [2.05, 4.69) is 38.7 Å². The Kier molecular flexibility index (Phi) is 10.1. The van der Waals surface area contributed by atoms with Gasteiger partial charge < -0.3 is 0 Å². The lowest BCUT2D eigenvalue weighted by Gasteiger charge is -2.26. The van der Waals surface area contributed by atoms with E-state index in [9.17, 15) is 13.2 Å². The van der Waals surface area contributed by atoms with Gasteiger partial charge in [0.25, 0.3) is 16.1 Å². The number of hydrazine groups is 1. The summed E-state index contributed by atoms with van der Waals surface area (Å²) in [4.78, 5) is 15.2. The summed E-state index contributed by atoms with van der Waals surface area (Å²) in [6.07, 6.45) is 4.80. The van der Waals surface area contributed by atoms with Crippen LogP contribution in [-0.2, 0) is 16.8 Å². The number of carbonyl (C=O) groups excluding carboxylic acids is 1. The van der Waals surface area contributed by atoms with Crippen molar-refractivity contribution in [2.45, 2.75) is 45.6 Å². The molecular weight excluding hydrogens is 579 g/mol. The molecule has 2 aromatic heterocycles. The molecule has 1 aliphatic heterocycles. The minimum atomic E-state index is -3.81. The molecule has 1 fully saturated rings. The third kappa shape index (κ3) is 7.41. The second-order valence-electron chi connectivity index (χ2n) is 8.92. The number of aromatic nitrogens is 2. The SMILES string of the molecule is CCCC#Cc1ccc(-c2c(CNS(=O)(=O)NC)c(C(=O)NN3CCCCC3)nn2-c2ccc(Cl)cc2Cl)s1. The number of hydrogen-bond donors (Lipinski definition) is 3. The van der Waals surface area contributed by atoms with Crippen LogP contribution in [0.1, 0.15) is 60.0 Å². The molecule has 0 unspecified atom stereocenters. The third-order valence-corrected chi connectivity index (χ3v) is 8.69. The van der Waals surface area contributed by atoms with E-state index in [-0.39, 0.29) is 12.2 Å². The van der Waals surface area contributed by atoms with Gasteiger partial charge in [0.1, 0.15) is 0 Å². The number of benzene rings is 1. The van der Waals surface area contributed by atoms with Gasteiger partial charge in [-0.15, -0.1) is 11.3 Å². The predicted octanol–water partition coefficient (Wildman–Crippen LogP) is 4.74. The van der Waals surface area contributed by atoms with E-state index >= 15 is 0 Å². The van der Waals surface area contributed by atoms with Crippen molar-refractivity contribution in [3.05, 3.63) is 56.5 Å². The second-order valence-corrected chi connectivity index (χ2v) is 12.5. The van der Waals surface area contributed by atoms with E-state index < -0.39 is 16.1 Å². The largest absolute Gasteiger partial charge is 0.286 e. The maximum Gasteiger partial charge on any atom is 0.286 e. The molecule has 0 atom stereocenters. The van der Waals surface area contributed by atoms with Crippen molar-refractivity contribution in [3.8, 4) is 28.1 Å². The van der Waals surface area contributed by atoms with Crippen LogP contribution >= 0.6 is 34.5 Å². The van der Waals surface area contributed by atoms with Crippen LogP contribution < -0.4 is 14.9 Å². The number of carbonyl (C=O) groups is 1. The van der Waals surface area contributed by atoms with Gasteiger partial charge in [0.15, 0.2) is 5.69 Å². The van der Waals surface area contributed by atoms with Gasteiger partial charge in [-0.1, -0.05) is 48.4 Å². The summed E-state index contributed by atoms with van der Waals surface area (Å²) < 4.78 is 31.0. The Morgan fingerprint density at radius 2 is 1.92 bits per heavy atom. The molecule has 0 saturated carbocycles. The van der Waals surface area contributed by atoms with Gasteiger partial charge in [0.05, 0.1) is 26.2 Å². The van der Waals surface area contributed by atoms with Gasteiger partial charge >= 0.3 is 0 Å². The van der Waals surface area contributed by atoms with Crippen molar-refractivity contribution in [2.75, 3.05) is 20.1 Å². The van der Waals surface area contributed by atoms with E-state index in [0.717, 1.165) is 54.9 Å². The fourth-order valence-electron chi connectivity index (χ4n) is 4.13. The Labute approximate surface area is 243 Å². The van der Waals surface area contributed by atoms with Gasteiger partial charge in [-0.3, -0.25) is 10.2 Å². The van der Waals surface area contributed by atoms with E-state index in [1.54, 1.807) is 22.9 Å². The number of piperidine rings is 1. The zero-order valence-corrected chi connectivity index (χ0v) is 24.8. The highest BCUT2D eigenvalue weighted by molar-refractivity contribution is 7.87. The summed E-state index contributed by atoms with van der Waals surface area (Å²) >= 11 is 14.2. The number of hydrogen-bond acceptors (Lipinski definition) is 6. The standard InChI is InChI=1S/C26H30Cl2N6O3S2/c1-3-4-6-9-19-11-13-23(38-19)25-20(17-30-39(36,37)29-2)24(26(35)32-33-14-7-5-8-15-33)31-34(25)22-12-10-18(27)16-21(22)28/h10-13,16,29-30H,3-5,7-8,14-15,17H2,1-2H3,(H,32,35). The average Bonchev–Trinajstić information content (AvgIpc) is 3.53. The Morgan fingerprint density at radius 3 is 2.62 bits per heavy atom. The molecule has 0 spiro atoms.